The van der Waals surface area contributed by atoms with E-state index in [1.54, 1.807) is 0 Å². The van der Waals surface area contributed by atoms with Gasteiger partial charge in [0, 0.05) is 52.4 Å². The monoisotopic (exact) mass is 434 g/mol. The molecule has 0 aliphatic carbocycles. The van der Waals surface area contributed by atoms with E-state index in [0.29, 0.717) is 5.91 Å². The predicted octanol–water partition coefficient (Wildman–Crippen LogP) is 2.09. The van der Waals surface area contributed by atoms with Crippen LogP contribution in [0.25, 0.3) is 0 Å². The summed E-state index contributed by atoms with van der Waals surface area (Å²) in [5.74, 6) is 2.27. The fourth-order valence-corrected chi connectivity index (χ4v) is 5.02. The summed E-state index contributed by atoms with van der Waals surface area (Å²) in [5.41, 5.74) is 0. The molecule has 0 spiro atoms. The molecule has 0 aromatic heterocycles. The van der Waals surface area contributed by atoms with Crippen LogP contribution >= 0.6 is 0 Å². The largest absolute Gasteiger partial charge is 0.357 e. The molecule has 3 heterocycles. The molecule has 0 aromatic rings. The molecule has 178 valence electrons. The number of hydrogen-bond acceptors (Lipinski definition) is 4. The molecule has 3 aliphatic heterocycles. The summed E-state index contributed by atoms with van der Waals surface area (Å²) < 4.78 is 0. The van der Waals surface area contributed by atoms with Gasteiger partial charge in [-0.3, -0.25) is 14.7 Å². The van der Waals surface area contributed by atoms with E-state index < -0.39 is 0 Å². The number of amides is 1. The van der Waals surface area contributed by atoms with Crippen LogP contribution in [-0.2, 0) is 4.79 Å². The lowest BCUT2D eigenvalue weighted by molar-refractivity contribution is -0.135. The molecule has 1 N–H and O–H groups in total. The standard InChI is InChI=1S/C24H46N6O/c1-4-25-24(26-11-5-6-12-27-15-9-21(2)10-16-27)30-19-17-28(18-20-30)22(3)23(31)29-13-7-8-14-29/h21-22H,4-20H2,1-3H3,(H,25,26). The minimum Gasteiger partial charge on any atom is -0.357 e. The molecule has 3 rings (SSSR count). The molecule has 7 nitrogen and oxygen atoms in total. The molecule has 0 saturated carbocycles. The van der Waals surface area contributed by atoms with Crippen LogP contribution in [0.15, 0.2) is 4.99 Å². The van der Waals surface area contributed by atoms with Crippen molar-refractivity contribution in [3.05, 3.63) is 0 Å². The van der Waals surface area contributed by atoms with Crippen molar-refractivity contribution in [1.82, 2.24) is 24.9 Å². The lowest BCUT2D eigenvalue weighted by Crippen LogP contribution is -2.57. The summed E-state index contributed by atoms with van der Waals surface area (Å²) in [4.78, 5) is 27.0. The number of carbonyl (C=O) groups excluding carboxylic acids is 1. The Bertz CT molecular complexity index is 560. The van der Waals surface area contributed by atoms with Crippen LogP contribution in [0, 0.1) is 5.92 Å². The minimum absolute atomic E-state index is 0.00227. The maximum absolute atomic E-state index is 12.7. The molecule has 3 saturated heterocycles. The van der Waals surface area contributed by atoms with E-state index in [9.17, 15) is 4.79 Å². The van der Waals surface area contributed by atoms with Gasteiger partial charge in [0.15, 0.2) is 5.96 Å². The number of unbranched alkanes of at least 4 members (excludes halogenated alkanes) is 1. The summed E-state index contributed by atoms with van der Waals surface area (Å²) in [6, 6.07) is -0.00227. The summed E-state index contributed by atoms with van der Waals surface area (Å²) >= 11 is 0. The highest BCUT2D eigenvalue weighted by atomic mass is 16.2. The first kappa shape index (κ1) is 24.3. The van der Waals surface area contributed by atoms with Gasteiger partial charge in [-0.1, -0.05) is 6.92 Å². The highest BCUT2D eigenvalue weighted by Crippen LogP contribution is 2.16. The zero-order valence-electron chi connectivity index (χ0n) is 20.3. The molecule has 3 fully saturated rings. The van der Waals surface area contributed by atoms with Gasteiger partial charge in [0.1, 0.15) is 0 Å². The number of rotatable bonds is 8. The second-order valence-corrected chi connectivity index (χ2v) is 9.70. The molecule has 1 unspecified atom stereocenters. The molecular weight excluding hydrogens is 388 g/mol. The third-order valence-corrected chi connectivity index (χ3v) is 7.29. The van der Waals surface area contributed by atoms with Gasteiger partial charge in [-0.15, -0.1) is 0 Å². The molecule has 7 heteroatoms. The van der Waals surface area contributed by atoms with Crippen LogP contribution in [0.3, 0.4) is 0 Å². The van der Waals surface area contributed by atoms with Crippen LogP contribution in [-0.4, -0.2) is 110 Å². The first-order valence-electron chi connectivity index (χ1n) is 12.9. The van der Waals surface area contributed by atoms with Crippen molar-refractivity contribution < 1.29 is 4.79 Å². The molecule has 0 radical (unpaired) electrons. The van der Waals surface area contributed by atoms with Crippen molar-refractivity contribution in [2.45, 2.75) is 65.3 Å². The third kappa shape index (κ3) is 7.35. The Morgan fingerprint density at radius 2 is 1.65 bits per heavy atom. The Morgan fingerprint density at radius 3 is 2.29 bits per heavy atom. The topological polar surface area (TPSA) is 54.4 Å². The number of nitrogens with zero attached hydrogens (tertiary/aromatic N) is 5. The summed E-state index contributed by atoms with van der Waals surface area (Å²) in [7, 11) is 0. The van der Waals surface area contributed by atoms with Gasteiger partial charge in [-0.25, -0.2) is 0 Å². The fourth-order valence-electron chi connectivity index (χ4n) is 5.02. The summed E-state index contributed by atoms with van der Waals surface area (Å²) in [6.07, 6.45) is 7.43. The van der Waals surface area contributed by atoms with Crippen LogP contribution in [0.1, 0.15) is 59.3 Å². The van der Waals surface area contributed by atoms with Gasteiger partial charge in [-0.2, -0.15) is 0 Å². The van der Waals surface area contributed by atoms with Crippen molar-refractivity contribution in [2.24, 2.45) is 10.9 Å². The molecule has 1 atom stereocenters. The highest BCUT2D eigenvalue weighted by molar-refractivity contribution is 5.82. The second-order valence-electron chi connectivity index (χ2n) is 9.70. The molecule has 0 aromatic carbocycles. The average molecular weight is 435 g/mol. The third-order valence-electron chi connectivity index (χ3n) is 7.29. The SMILES string of the molecule is CCNC(=NCCCCN1CCC(C)CC1)N1CCN(C(C)C(=O)N2CCCC2)CC1. The van der Waals surface area contributed by atoms with Gasteiger partial charge >= 0.3 is 0 Å². The quantitative estimate of drug-likeness (QED) is 0.360. The molecule has 3 aliphatic rings. The van der Waals surface area contributed by atoms with Crippen molar-refractivity contribution in [1.29, 1.82) is 0 Å². The molecule has 0 bridgehead atoms. The van der Waals surface area contributed by atoms with Gasteiger partial charge in [-0.05, 0) is 77.9 Å². The van der Waals surface area contributed by atoms with Crippen molar-refractivity contribution in [3.8, 4) is 0 Å². The Balaban J connectivity index is 1.38. The lowest BCUT2D eigenvalue weighted by atomic mass is 9.99. The van der Waals surface area contributed by atoms with Gasteiger partial charge < -0.3 is 20.0 Å². The number of carbonyl (C=O) groups is 1. The number of hydrogen-bond donors (Lipinski definition) is 1. The number of piperazine rings is 1. The van der Waals surface area contributed by atoms with E-state index in [1.165, 1.54) is 38.9 Å². The van der Waals surface area contributed by atoms with E-state index in [-0.39, 0.29) is 6.04 Å². The summed E-state index contributed by atoms with van der Waals surface area (Å²) in [6.45, 7) is 17.8. The molecule has 31 heavy (non-hydrogen) atoms. The Hall–Kier alpha value is -1.34. The Morgan fingerprint density at radius 1 is 0.968 bits per heavy atom. The van der Waals surface area contributed by atoms with E-state index in [0.717, 1.165) is 83.5 Å². The Labute approximate surface area is 190 Å². The Kier molecular flexibility index (Phi) is 9.91. The molecular formula is C24H46N6O. The van der Waals surface area contributed by atoms with Crippen molar-refractivity contribution >= 4 is 11.9 Å². The predicted molar refractivity (Wildman–Crippen MR) is 128 cm³/mol. The number of guanidine groups is 1. The van der Waals surface area contributed by atoms with Crippen LogP contribution in [0.5, 0.6) is 0 Å². The first-order valence-corrected chi connectivity index (χ1v) is 12.9. The van der Waals surface area contributed by atoms with E-state index in [4.69, 9.17) is 4.99 Å². The van der Waals surface area contributed by atoms with Crippen LogP contribution in [0.2, 0.25) is 0 Å². The summed E-state index contributed by atoms with van der Waals surface area (Å²) in [5, 5.41) is 3.48. The van der Waals surface area contributed by atoms with Crippen LogP contribution < -0.4 is 5.32 Å². The van der Waals surface area contributed by atoms with Gasteiger partial charge in [0.2, 0.25) is 5.91 Å². The smallest absolute Gasteiger partial charge is 0.239 e. The van der Waals surface area contributed by atoms with Gasteiger partial charge in [0.25, 0.3) is 0 Å². The zero-order chi connectivity index (χ0) is 22.1. The minimum atomic E-state index is -0.00227. The normalized spacial score (nSPS) is 23.4. The van der Waals surface area contributed by atoms with Gasteiger partial charge in [0.05, 0.1) is 6.04 Å². The number of likely N-dealkylation sites (tertiary alicyclic amines) is 2. The highest BCUT2D eigenvalue weighted by Gasteiger charge is 2.30. The number of nitrogens with one attached hydrogen (secondary N) is 1. The lowest BCUT2D eigenvalue weighted by Gasteiger charge is -2.39. The van der Waals surface area contributed by atoms with E-state index in [2.05, 4.69) is 40.8 Å². The first-order chi connectivity index (χ1) is 15.1. The zero-order valence-corrected chi connectivity index (χ0v) is 20.3. The average Bonchev–Trinajstić information content (AvgIpc) is 3.33. The number of aliphatic imine (C=N–C) groups is 1. The second kappa shape index (κ2) is 12.6. The number of piperidine rings is 1. The molecule has 1 amide bonds. The van der Waals surface area contributed by atoms with Crippen molar-refractivity contribution in [3.63, 3.8) is 0 Å². The van der Waals surface area contributed by atoms with E-state index in [1.807, 2.05) is 4.90 Å². The van der Waals surface area contributed by atoms with E-state index >= 15 is 0 Å². The van der Waals surface area contributed by atoms with Crippen LogP contribution in [0.4, 0.5) is 0 Å². The fraction of sp³-hybridized carbons (Fsp3) is 0.917. The maximum Gasteiger partial charge on any atom is 0.239 e. The maximum atomic E-state index is 12.7. The van der Waals surface area contributed by atoms with Crippen molar-refractivity contribution in [2.75, 3.05) is 72.0 Å².